The van der Waals surface area contributed by atoms with E-state index >= 15 is 0 Å². The molecule has 0 unspecified atom stereocenters. The molecule has 1 saturated heterocycles. The third-order valence-electron chi connectivity index (χ3n) is 17.3. The summed E-state index contributed by atoms with van der Waals surface area (Å²) in [5, 5.41) is 3.34. The largest absolute Gasteiger partial charge is 0.465 e. The number of allylic oxidation sites excluding steroid dienone is 3. The molecule has 1 aliphatic heterocycles. The van der Waals surface area contributed by atoms with Gasteiger partial charge in [-0.15, -0.1) is 0 Å². The molecule has 302 valence electrons. The van der Waals surface area contributed by atoms with Gasteiger partial charge >= 0.3 is 5.97 Å². The Morgan fingerprint density at radius 3 is 2.22 bits per heavy atom. The van der Waals surface area contributed by atoms with Crippen molar-refractivity contribution >= 4 is 33.2 Å². The predicted octanol–water partition coefficient (Wildman–Crippen LogP) is 8.28. The Morgan fingerprint density at radius 2 is 1.56 bits per heavy atom. The highest BCUT2D eigenvalue weighted by molar-refractivity contribution is 7.91. The van der Waals surface area contributed by atoms with Crippen LogP contribution in [0.1, 0.15) is 128 Å². The van der Waals surface area contributed by atoms with Crippen molar-refractivity contribution in [1.29, 1.82) is 0 Å². The number of methoxy groups -OCH3 is 1. The molecule has 55 heavy (non-hydrogen) atoms. The molecule has 2 amide bonds. The van der Waals surface area contributed by atoms with Crippen LogP contribution in [0.5, 0.6) is 0 Å². The molecule has 0 spiro atoms. The summed E-state index contributed by atoms with van der Waals surface area (Å²) in [6, 6.07) is 8.00. The van der Waals surface area contributed by atoms with Crippen LogP contribution in [0.15, 0.2) is 42.5 Å². The van der Waals surface area contributed by atoms with E-state index < -0.39 is 9.84 Å². The fourth-order valence-electron chi connectivity index (χ4n) is 14.3. The van der Waals surface area contributed by atoms with E-state index in [9.17, 15) is 22.8 Å². The number of nitrogens with zero attached hydrogens (tertiary/aromatic N) is 1. The van der Waals surface area contributed by atoms with Gasteiger partial charge in [-0.25, -0.2) is 13.2 Å². The topological polar surface area (TPSA) is 110 Å². The molecule has 1 aromatic carbocycles. The Kier molecular flexibility index (Phi) is 10.4. The van der Waals surface area contributed by atoms with Crippen LogP contribution < -0.4 is 5.32 Å². The highest BCUT2D eigenvalue weighted by Gasteiger charge is 2.70. The quantitative estimate of drug-likeness (QED) is 0.210. The van der Waals surface area contributed by atoms with Crippen molar-refractivity contribution in [2.24, 2.45) is 56.7 Å². The first-order valence-electron chi connectivity index (χ1n) is 21.1. The van der Waals surface area contributed by atoms with Crippen LogP contribution in [0.4, 0.5) is 0 Å². The number of sulfone groups is 1. The van der Waals surface area contributed by atoms with Crippen LogP contribution in [0, 0.1) is 56.7 Å². The van der Waals surface area contributed by atoms with Gasteiger partial charge in [-0.2, -0.15) is 0 Å². The van der Waals surface area contributed by atoms with Crippen LogP contribution in [-0.4, -0.2) is 69.4 Å². The second-order valence-corrected chi connectivity index (χ2v) is 22.3. The van der Waals surface area contributed by atoms with Gasteiger partial charge < -0.3 is 15.0 Å². The zero-order chi connectivity index (χ0) is 39.8. The molecule has 8 nitrogen and oxygen atoms in total. The minimum absolute atomic E-state index is 0.00412. The molecule has 1 heterocycles. The zero-order valence-corrected chi connectivity index (χ0v) is 35.4. The minimum Gasteiger partial charge on any atom is -0.465 e. The normalized spacial score (nSPS) is 38.6. The van der Waals surface area contributed by atoms with Crippen molar-refractivity contribution < 1.29 is 27.5 Å². The number of esters is 1. The number of carbonyl (C=O) groups is 3. The van der Waals surface area contributed by atoms with Gasteiger partial charge in [0.25, 0.3) is 0 Å². The van der Waals surface area contributed by atoms with E-state index in [1.54, 1.807) is 4.90 Å². The molecule has 1 aromatic rings. The van der Waals surface area contributed by atoms with Crippen molar-refractivity contribution in [3.63, 3.8) is 0 Å². The summed E-state index contributed by atoms with van der Waals surface area (Å²) in [6.07, 6.45) is 13.3. The van der Waals surface area contributed by atoms with E-state index in [-0.39, 0.29) is 82.3 Å². The Hall–Kier alpha value is -2.94. The molecule has 0 radical (unpaired) electrons. The summed E-state index contributed by atoms with van der Waals surface area (Å²) in [7, 11) is -1.64. The summed E-state index contributed by atoms with van der Waals surface area (Å²) in [5.74, 6) is 2.17. The summed E-state index contributed by atoms with van der Waals surface area (Å²) in [6.45, 7) is 20.7. The summed E-state index contributed by atoms with van der Waals surface area (Å²) in [4.78, 5) is 39.9. The summed E-state index contributed by atoms with van der Waals surface area (Å²) >= 11 is 0. The van der Waals surface area contributed by atoms with E-state index in [4.69, 9.17) is 4.74 Å². The Bertz CT molecular complexity index is 1850. The second-order valence-electron chi connectivity index (χ2n) is 20.0. The van der Waals surface area contributed by atoms with Crippen LogP contribution >= 0.6 is 0 Å². The van der Waals surface area contributed by atoms with E-state index in [1.165, 1.54) is 55.9 Å². The zero-order valence-electron chi connectivity index (χ0n) is 34.6. The lowest BCUT2D eigenvalue weighted by Crippen LogP contribution is -2.66. The molecule has 4 saturated carbocycles. The third-order valence-corrected chi connectivity index (χ3v) is 18.9. The number of hydrogen-bond acceptors (Lipinski definition) is 6. The lowest BCUT2D eigenvalue weighted by atomic mass is 9.32. The van der Waals surface area contributed by atoms with Crippen molar-refractivity contribution in [3.8, 4) is 0 Å². The summed E-state index contributed by atoms with van der Waals surface area (Å²) < 4.78 is 28.6. The molecular formula is C46H66N2O6S. The number of amides is 2. The monoisotopic (exact) mass is 774 g/mol. The third kappa shape index (κ3) is 6.54. The summed E-state index contributed by atoms with van der Waals surface area (Å²) in [5.41, 5.74) is 5.08. The van der Waals surface area contributed by atoms with Gasteiger partial charge in [0.2, 0.25) is 11.8 Å². The average Bonchev–Trinajstić information content (AvgIpc) is 3.53. The molecule has 1 N–H and O–H groups in total. The van der Waals surface area contributed by atoms with Gasteiger partial charge in [-0.3, -0.25) is 9.59 Å². The first kappa shape index (κ1) is 40.3. The smallest absolute Gasteiger partial charge is 0.337 e. The van der Waals surface area contributed by atoms with Crippen molar-refractivity contribution in [3.05, 3.63) is 53.6 Å². The molecule has 9 atom stereocenters. The Labute approximate surface area is 330 Å². The van der Waals surface area contributed by atoms with Gasteiger partial charge in [-0.1, -0.05) is 65.0 Å². The number of ether oxygens (including phenoxy) is 1. The predicted molar refractivity (Wildman–Crippen MR) is 218 cm³/mol. The average molecular weight is 775 g/mol. The van der Waals surface area contributed by atoms with E-state index in [0.717, 1.165) is 25.7 Å². The lowest BCUT2D eigenvalue weighted by Gasteiger charge is -2.72. The van der Waals surface area contributed by atoms with E-state index in [1.807, 2.05) is 12.1 Å². The van der Waals surface area contributed by atoms with Crippen molar-refractivity contribution in [1.82, 2.24) is 10.2 Å². The number of carbonyl (C=O) groups excluding carboxylic acids is 3. The van der Waals surface area contributed by atoms with Crippen molar-refractivity contribution in [2.75, 3.05) is 38.2 Å². The molecule has 5 fully saturated rings. The maximum absolute atomic E-state index is 13.3. The van der Waals surface area contributed by atoms with Crippen LogP contribution in [0.3, 0.4) is 0 Å². The Morgan fingerprint density at radius 1 is 0.873 bits per heavy atom. The molecular weight excluding hydrogens is 709 g/mol. The first-order valence-corrected chi connectivity index (χ1v) is 22.9. The van der Waals surface area contributed by atoms with Crippen molar-refractivity contribution in [2.45, 2.75) is 112 Å². The number of fused-ring (bicyclic) bond motifs is 7. The van der Waals surface area contributed by atoms with Crippen LogP contribution in [0.25, 0.3) is 5.57 Å². The highest BCUT2D eigenvalue weighted by atomic mass is 32.2. The number of nitrogens with one attached hydrogen (secondary N) is 1. The number of benzene rings is 1. The van der Waals surface area contributed by atoms with E-state index in [2.05, 4.69) is 71.6 Å². The molecule has 9 heteroatoms. The minimum atomic E-state index is -3.07. The first-order chi connectivity index (χ1) is 25.8. The fourth-order valence-corrected chi connectivity index (χ4v) is 15.5. The fraction of sp³-hybridized carbons (Fsp3) is 0.717. The van der Waals surface area contributed by atoms with Gasteiger partial charge in [0.15, 0.2) is 9.84 Å². The molecule has 0 aromatic heterocycles. The second kappa shape index (κ2) is 14.2. The highest BCUT2D eigenvalue weighted by Crippen LogP contribution is 2.77. The van der Waals surface area contributed by atoms with Crippen LogP contribution in [0.2, 0.25) is 0 Å². The SMILES string of the molecule is C=C(C)[C@@H]1CC[C@]2(CNC(=O)CCC(=O)N3CCS(=O)(=O)CC3)CC[C@]3(C)[C@H](CC[C@@H]4[C@@]5(C)CC=C(c6ccc(C(=O)OC)cc6)C(C)(C)[C@@H]5CC[C@]43C)[C@@H]12. The van der Waals surface area contributed by atoms with Crippen LogP contribution in [-0.2, 0) is 24.2 Å². The van der Waals surface area contributed by atoms with Gasteiger partial charge in [0, 0.05) is 32.5 Å². The standard InChI is InChI=1S/C46H66N2O6S/c1-30(2)33-17-22-46(29-47-38(49)15-16-39(50)48-25-27-55(52,53)28-26-48)24-23-44(6)35(40(33)46)13-14-37-43(5)20-18-34(31-9-11-32(12-10-31)41(51)54-8)42(3,4)36(43)19-21-45(37,44)7/h9-12,18,33,35-37,40H,1,13-17,19-29H2,2-8H3,(H,47,49)/t33-,35+,36-,37+,40+,43-,44+,45+,46+/m0/s1. The maximum atomic E-state index is 13.3. The Balaban J connectivity index is 1.09. The molecule has 7 rings (SSSR count). The van der Waals surface area contributed by atoms with Gasteiger partial charge in [-0.05, 0) is 145 Å². The van der Waals surface area contributed by atoms with Gasteiger partial charge in [0.05, 0.1) is 24.2 Å². The van der Waals surface area contributed by atoms with E-state index in [0.29, 0.717) is 41.7 Å². The number of hydrogen-bond donors (Lipinski definition) is 1. The maximum Gasteiger partial charge on any atom is 0.337 e. The molecule has 5 aliphatic carbocycles. The molecule has 0 bridgehead atoms. The number of rotatable bonds is 8. The lowest BCUT2D eigenvalue weighted by molar-refractivity contribution is -0.225. The van der Waals surface area contributed by atoms with Gasteiger partial charge in [0.1, 0.15) is 0 Å². The molecule has 6 aliphatic rings.